The first-order valence-electron chi connectivity index (χ1n) is 6.34. The van der Waals surface area contributed by atoms with Crippen LogP contribution in [0, 0.1) is 0 Å². The van der Waals surface area contributed by atoms with Crippen molar-refractivity contribution in [3.63, 3.8) is 0 Å². The number of aliphatic hydroxyl groups excluding tert-OH is 2. The molecule has 2 rings (SSSR count). The highest BCUT2D eigenvalue weighted by molar-refractivity contribution is 5.93. The van der Waals surface area contributed by atoms with Gasteiger partial charge in [-0.3, -0.25) is 4.79 Å². The lowest BCUT2D eigenvalue weighted by molar-refractivity contribution is -0.147. The number of carbonyl (C=O) groups is 2. The standard InChI is InChI=1S/C14H16O6/c1-2-19-12(16)6-11(15)13(17)8-3-4-9-7-20-14(18)10(9)5-8/h3-5,11,13,15,17H,2,6-7H2,1H3. The second kappa shape index (κ2) is 6.02. The van der Waals surface area contributed by atoms with Crippen LogP contribution >= 0.6 is 0 Å². The van der Waals surface area contributed by atoms with Gasteiger partial charge in [-0.25, -0.2) is 4.79 Å². The lowest BCUT2D eigenvalue weighted by atomic mass is 9.98. The molecule has 1 heterocycles. The summed E-state index contributed by atoms with van der Waals surface area (Å²) in [4.78, 5) is 22.7. The van der Waals surface area contributed by atoms with Crippen LogP contribution in [0.5, 0.6) is 0 Å². The molecule has 2 N–H and O–H groups in total. The van der Waals surface area contributed by atoms with Crippen LogP contribution in [-0.4, -0.2) is 34.9 Å². The molecule has 0 bridgehead atoms. The van der Waals surface area contributed by atoms with E-state index in [9.17, 15) is 19.8 Å². The van der Waals surface area contributed by atoms with Gasteiger partial charge in [0.15, 0.2) is 0 Å². The first-order chi connectivity index (χ1) is 9.52. The fourth-order valence-corrected chi connectivity index (χ4v) is 2.04. The van der Waals surface area contributed by atoms with Crippen molar-refractivity contribution in [3.05, 3.63) is 34.9 Å². The summed E-state index contributed by atoms with van der Waals surface area (Å²) in [5, 5.41) is 19.8. The van der Waals surface area contributed by atoms with E-state index < -0.39 is 24.1 Å². The predicted octanol–water partition coefficient (Wildman–Crippen LogP) is 0.705. The maximum atomic E-state index is 11.4. The highest BCUT2D eigenvalue weighted by Gasteiger charge is 2.26. The zero-order chi connectivity index (χ0) is 14.7. The first kappa shape index (κ1) is 14.5. The third kappa shape index (κ3) is 2.97. The quantitative estimate of drug-likeness (QED) is 0.771. The van der Waals surface area contributed by atoms with Gasteiger partial charge in [0.05, 0.1) is 24.7 Å². The molecule has 0 fully saturated rings. The SMILES string of the molecule is CCOC(=O)CC(O)C(O)c1ccc2c(c1)C(=O)OC2. The first-order valence-corrected chi connectivity index (χ1v) is 6.34. The Morgan fingerprint density at radius 3 is 2.90 bits per heavy atom. The molecule has 6 nitrogen and oxygen atoms in total. The molecule has 1 aliphatic rings. The van der Waals surface area contributed by atoms with Gasteiger partial charge in [-0.05, 0) is 18.6 Å². The second-order valence-electron chi connectivity index (χ2n) is 4.51. The van der Waals surface area contributed by atoms with Crippen molar-refractivity contribution in [2.75, 3.05) is 6.61 Å². The Balaban J connectivity index is 2.09. The minimum atomic E-state index is -1.29. The molecule has 0 saturated heterocycles. The molecule has 20 heavy (non-hydrogen) atoms. The topological polar surface area (TPSA) is 93.1 Å². The molecule has 0 spiro atoms. The average molecular weight is 280 g/mol. The van der Waals surface area contributed by atoms with E-state index in [1.807, 2.05) is 0 Å². The van der Waals surface area contributed by atoms with Crippen molar-refractivity contribution in [1.82, 2.24) is 0 Å². The number of benzene rings is 1. The number of rotatable bonds is 5. The Morgan fingerprint density at radius 1 is 1.45 bits per heavy atom. The molecular formula is C14H16O6. The maximum absolute atomic E-state index is 11.4. The summed E-state index contributed by atoms with van der Waals surface area (Å²) in [6.07, 6.45) is -2.86. The van der Waals surface area contributed by atoms with E-state index in [0.29, 0.717) is 11.1 Å². The summed E-state index contributed by atoms with van der Waals surface area (Å²) in [5.74, 6) is -1.03. The largest absolute Gasteiger partial charge is 0.466 e. The minimum absolute atomic E-state index is 0.215. The average Bonchev–Trinajstić information content (AvgIpc) is 2.79. The van der Waals surface area contributed by atoms with Crippen molar-refractivity contribution in [1.29, 1.82) is 0 Å². The summed E-state index contributed by atoms with van der Waals surface area (Å²) < 4.78 is 9.56. The fraction of sp³-hybridized carbons (Fsp3) is 0.429. The van der Waals surface area contributed by atoms with Gasteiger partial charge in [0.25, 0.3) is 0 Å². The van der Waals surface area contributed by atoms with Crippen LogP contribution in [0.2, 0.25) is 0 Å². The van der Waals surface area contributed by atoms with Gasteiger partial charge in [0.2, 0.25) is 0 Å². The molecule has 0 aromatic heterocycles. The maximum Gasteiger partial charge on any atom is 0.338 e. The lowest BCUT2D eigenvalue weighted by Crippen LogP contribution is -2.23. The van der Waals surface area contributed by atoms with E-state index >= 15 is 0 Å². The normalized spacial score (nSPS) is 16.2. The van der Waals surface area contributed by atoms with Crippen LogP contribution in [-0.2, 0) is 20.9 Å². The predicted molar refractivity (Wildman–Crippen MR) is 67.8 cm³/mol. The third-order valence-electron chi connectivity index (χ3n) is 3.10. The number of esters is 2. The van der Waals surface area contributed by atoms with E-state index in [4.69, 9.17) is 9.47 Å². The van der Waals surface area contributed by atoms with Crippen LogP contribution in [0.25, 0.3) is 0 Å². The zero-order valence-corrected chi connectivity index (χ0v) is 11.0. The summed E-state index contributed by atoms with van der Waals surface area (Å²) in [7, 11) is 0. The Hall–Kier alpha value is -1.92. The van der Waals surface area contributed by atoms with E-state index in [1.54, 1.807) is 19.1 Å². The molecule has 1 aromatic rings. The van der Waals surface area contributed by atoms with Gasteiger partial charge in [0.1, 0.15) is 12.7 Å². The summed E-state index contributed by atoms with van der Waals surface area (Å²) in [5.41, 5.74) is 1.48. The number of ether oxygens (including phenoxy) is 2. The van der Waals surface area contributed by atoms with Crippen molar-refractivity contribution in [2.24, 2.45) is 0 Å². The van der Waals surface area contributed by atoms with Crippen molar-refractivity contribution < 1.29 is 29.3 Å². The molecule has 108 valence electrons. The minimum Gasteiger partial charge on any atom is -0.466 e. The Bertz CT molecular complexity index is 524. The second-order valence-corrected chi connectivity index (χ2v) is 4.51. The third-order valence-corrected chi connectivity index (χ3v) is 3.10. The number of fused-ring (bicyclic) bond motifs is 1. The Kier molecular flexibility index (Phi) is 4.36. The van der Waals surface area contributed by atoms with Gasteiger partial charge >= 0.3 is 11.9 Å². The van der Waals surface area contributed by atoms with E-state index in [-0.39, 0.29) is 19.6 Å². The molecule has 1 aliphatic heterocycles. The van der Waals surface area contributed by atoms with E-state index in [1.165, 1.54) is 6.07 Å². The van der Waals surface area contributed by atoms with E-state index in [0.717, 1.165) is 5.56 Å². The van der Waals surface area contributed by atoms with Crippen molar-refractivity contribution in [3.8, 4) is 0 Å². The van der Waals surface area contributed by atoms with Crippen molar-refractivity contribution in [2.45, 2.75) is 32.2 Å². The number of carbonyl (C=O) groups excluding carboxylic acids is 2. The summed E-state index contributed by atoms with van der Waals surface area (Å²) >= 11 is 0. The lowest BCUT2D eigenvalue weighted by Gasteiger charge is -2.17. The Morgan fingerprint density at radius 2 is 2.20 bits per heavy atom. The Labute approximate surface area is 115 Å². The fourth-order valence-electron chi connectivity index (χ4n) is 2.04. The summed E-state index contributed by atoms with van der Waals surface area (Å²) in [6, 6.07) is 4.74. The monoisotopic (exact) mass is 280 g/mol. The van der Waals surface area contributed by atoms with Crippen LogP contribution in [0.3, 0.4) is 0 Å². The molecule has 1 aromatic carbocycles. The molecule has 2 unspecified atom stereocenters. The van der Waals surface area contributed by atoms with Crippen LogP contribution in [0.15, 0.2) is 18.2 Å². The highest BCUT2D eigenvalue weighted by Crippen LogP contribution is 2.26. The van der Waals surface area contributed by atoms with Crippen LogP contribution in [0.4, 0.5) is 0 Å². The number of hydrogen-bond acceptors (Lipinski definition) is 6. The molecular weight excluding hydrogens is 264 g/mol. The molecule has 6 heteroatoms. The van der Waals surface area contributed by atoms with Gasteiger partial charge in [-0.2, -0.15) is 0 Å². The summed E-state index contributed by atoms with van der Waals surface area (Å²) in [6.45, 7) is 2.09. The van der Waals surface area contributed by atoms with Gasteiger partial charge in [-0.15, -0.1) is 0 Å². The molecule has 0 aliphatic carbocycles. The smallest absolute Gasteiger partial charge is 0.338 e. The molecule has 0 saturated carbocycles. The van der Waals surface area contributed by atoms with Gasteiger partial charge in [-0.1, -0.05) is 12.1 Å². The zero-order valence-electron chi connectivity index (χ0n) is 11.0. The van der Waals surface area contributed by atoms with Gasteiger partial charge < -0.3 is 19.7 Å². The van der Waals surface area contributed by atoms with Crippen LogP contribution < -0.4 is 0 Å². The number of hydrogen-bond donors (Lipinski definition) is 2. The van der Waals surface area contributed by atoms with Gasteiger partial charge in [0, 0.05) is 5.56 Å². The van der Waals surface area contributed by atoms with Crippen molar-refractivity contribution >= 4 is 11.9 Å². The number of aliphatic hydroxyl groups is 2. The highest BCUT2D eigenvalue weighted by atomic mass is 16.5. The molecule has 2 atom stereocenters. The van der Waals surface area contributed by atoms with Crippen LogP contribution in [0.1, 0.15) is 40.9 Å². The number of cyclic esters (lactones) is 1. The molecule has 0 amide bonds. The molecule has 0 radical (unpaired) electrons. The van der Waals surface area contributed by atoms with E-state index in [2.05, 4.69) is 0 Å².